The minimum Gasteiger partial charge on any atom is -0.489 e. The highest BCUT2D eigenvalue weighted by atomic mass is 35.5. The van der Waals surface area contributed by atoms with E-state index < -0.39 is 0 Å². The molecule has 0 bridgehead atoms. The number of benzene rings is 2. The van der Waals surface area contributed by atoms with Gasteiger partial charge in [0.25, 0.3) is 0 Å². The van der Waals surface area contributed by atoms with Gasteiger partial charge >= 0.3 is 0 Å². The second-order valence-corrected chi connectivity index (χ2v) is 6.54. The van der Waals surface area contributed by atoms with Crippen LogP contribution in [0.15, 0.2) is 42.5 Å². The van der Waals surface area contributed by atoms with Crippen molar-refractivity contribution in [3.8, 4) is 5.75 Å². The summed E-state index contributed by atoms with van der Waals surface area (Å²) in [6.07, 6.45) is 3.27. The van der Waals surface area contributed by atoms with Gasteiger partial charge in [-0.1, -0.05) is 49.2 Å². The molecule has 0 aliphatic heterocycles. The Hall–Kier alpha value is -1.62. The molecule has 0 atom stereocenters. The van der Waals surface area contributed by atoms with Crippen molar-refractivity contribution in [1.82, 2.24) is 5.32 Å². The van der Waals surface area contributed by atoms with Crippen molar-refractivity contribution in [3.05, 3.63) is 64.4 Å². The Morgan fingerprint density at radius 1 is 1.04 bits per heavy atom. The van der Waals surface area contributed by atoms with Gasteiger partial charge in [0.1, 0.15) is 18.2 Å². The van der Waals surface area contributed by atoms with Crippen molar-refractivity contribution >= 4 is 11.6 Å². The van der Waals surface area contributed by atoms with E-state index in [0.717, 1.165) is 62.4 Å². The first-order chi connectivity index (χ1) is 12.7. The van der Waals surface area contributed by atoms with Crippen LogP contribution < -0.4 is 10.1 Å². The predicted octanol–water partition coefficient (Wildman–Crippen LogP) is 5.35. The van der Waals surface area contributed by atoms with Crippen LogP contribution in [0.1, 0.15) is 37.3 Å². The summed E-state index contributed by atoms with van der Waals surface area (Å²) in [7, 11) is 0. The third-order valence-corrected chi connectivity index (χ3v) is 4.32. The van der Waals surface area contributed by atoms with Crippen molar-refractivity contribution in [3.63, 3.8) is 0 Å². The highest BCUT2D eigenvalue weighted by molar-refractivity contribution is 6.31. The van der Waals surface area contributed by atoms with E-state index in [9.17, 15) is 4.39 Å². The van der Waals surface area contributed by atoms with Crippen LogP contribution in [0, 0.1) is 5.82 Å². The highest BCUT2D eigenvalue weighted by Gasteiger charge is 2.06. The molecule has 0 heterocycles. The molecule has 3 nitrogen and oxygen atoms in total. The summed E-state index contributed by atoms with van der Waals surface area (Å²) in [5.74, 6) is 0.460. The summed E-state index contributed by atoms with van der Waals surface area (Å²) in [6.45, 7) is 5.72. The third-order valence-electron chi connectivity index (χ3n) is 3.97. The predicted molar refractivity (Wildman–Crippen MR) is 104 cm³/mol. The minimum absolute atomic E-state index is 0.307. The average Bonchev–Trinajstić information content (AvgIpc) is 2.64. The molecule has 0 fully saturated rings. The molecule has 0 radical (unpaired) electrons. The summed E-state index contributed by atoms with van der Waals surface area (Å²) in [5.41, 5.74) is 1.85. The molecule has 0 aliphatic carbocycles. The summed E-state index contributed by atoms with van der Waals surface area (Å²) in [6, 6.07) is 12.2. The molecule has 0 saturated heterocycles. The standard InChI is InChI=1S/C21H27ClFNO2/c1-2-3-12-25-13-6-11-24-15-17-7-4-5-8-21(17)26-16-18-9-10-19(23)14-20(18)22/h4-5,7-10,14,24H,2-3,6,11-13,15-16H2,1H3. The van der Waals surface area contributed by atoms with Crippen LogP contribution in [0.4, 0.5) is 4.39 Å². The normalized spacial score (nSPS) is 10.9. The fraction of sp³-hybridized carbons (Fsp3) is 0.429. The van der Waals surface area contributed by atoms with Gasteiger partial charge in [0.05, 0.1) is 5.02 Å². The molecule has 142 valence electrons. The van der Waals surface area contributed by atoms with Gasteiger partial charge in [-0.3, -0.25) is 0 Å². The van der Waals surface area contributed by atoms with Crippen LogP contribution in [-0.2, 0) is 17.9 Å². The lowest BCUT2D eigenvalue weighted by Crippen LogP contribution is -2.17. The maximum absolute atomic E-state index is 13.1. The summed E-state index contributed by atoms with van der Waals surface area (Å²) in [4.78, 5) is 0. The fourth-order valence-corrected chi connectivity index (χ4v) is 2.68. The minimum atomic E-state index is -0.345. The zero-order valence-electron chi connectivity index (χ0n) is 15.3. The van der Waals surface area contributed by atoms with Crippen molar-refractivity contribution in [2.75, 3.05) is 19.8 Å². The number of nitrogens with one attached hydrogen (secondary N) is 1. The average molecular weight is 380 g/mol. The van der Waals surface area contributed by atoms with Gasteiger partial charge < -0.3 is 14.8 Å². The van der Waals surface area contributed by atoms with E-state index in [1.165, 1.54) is 12.1 Å². The van der Waals surface area contributed by atoms with Gasteiger partial charge in [0.2, 0.25) is 0 Å². The van der Waals surface area contributed by atoms with Crippen molar-refractivity contribution in [1.29, 1.82) is 0 Å². The number of rotatable bonds is 12. The Balaban J connectivity index is 1.76. The molecule has 0 amide bonds. The number of halogens is 2. The first-order valence-electron chi connectivity index (χ1n) is 9.13. The quantitative estimate of drug-likeness (QED) is 0.504. The Labute approximate surface area is 160 Å². The van der Waals surface area contributed by atoms with Gasteiger partial charge in [0.15, 0.2) is 0 Å². The molecule has 26 heavy (non-hydrogen) atoms. The number of unbranched alkanes of at least 4 members (excludes halogenated alkanes) is 1. The Kier molecular flexibility index (Phi) is 9.46. The molecule has 0 saturated carbocycles. The monoisotopic (exact) mass is 379 g/mol. The number of ether oxygens (including phenoxy) is 2. The van der Waals surface area contributed by atoms with Crippen LogP contribution in [0.3, 0.4) is 0 Å². The lowest BCUT2D eigenvalue weighted by Gasteiger charge is -2.13. The maximum atomic E-state index is 13.1. The van der Waals surface area contributed by atoms with E-state index in [4.69, 9.17) is 21.1 Å². The second-order valence-electron chi connectivity index (χ2n) is 6.13. The molecular formula is C21H27ClFNO2. The topological polar surface area (TPSA) is 30.5 Å². The lowest BCUT2D eigenvalue weighted by atomic mass is 10.2. The van der Waals surface area contributed by atoms with Gasteiger partial charge in [-0.2, -0.15) is 0 Å². The molecular weight excluding hydrogens is 353 g/mol. The number of hydrogen-bond acceptors (Lipinski definition) is 3. The summed E-state index contributed by atoms with van der Waals surface area (Å²) < 4.78 is 24.6. The molecule has 2 aromatic carbocycles. The van der Waals surface area contributed by atoms with Gasteiger partial charge in [-0.05, 0) is 37.6 Å². The fourth-order valence-electron chi connectivity index (χ4n) is 2.46. The molecule has 5 heteroatoms. The molecule has 0 aromatic heterocycles. The Bertz CT molecular complexity index is 666. The SMILES string of the molecule is CCCCOCCCNCc1ccccc1OCc1ccc(F)cc1Cl. The van der Waals surface area contributed by atoms with E-state index in [-0.39, 0.29) is 5.82 Å². The van der Waals surface area contributed by atoms with Crippen LogP contribution in [0.2, 0.25) is 5.02 Å². The van der Waals surface area contributed by atoms with Crippen LogP contribution >= 0.6 is 11.6 Å². The molecule has 2 aromatic rings. The van der Waals surface area contributed by atoms with E-state index >= 15 is 0 Å². The third kappa shape index (κ3) is 7.32. The van der Waals surface area contributed by atoms with E-state index in [1.807, 2.05) is 24.3 Å². The van der Waals surface area contributed by atoms with Crippen molar-refractivity contribution in [2.24, 2.45) is 0 Å². The van der Waals surface area contributed by atoms with Gasteiger partial charge in [-0.15, -0.1) is 0 Å². The molecule has 0 spiro atoms. The summed E-state index contributed by atoms with van der Waals surface area (Å²) in [5, 5.41) is 3.79. The molecule has 0 unspecified atom stereocenters. The van der Waals surface area contributed by atoms with Crippen LogP contribution in [0.5, 0.6) is 5.75 Å². The van der Waals surface area contributed by atoms with Gasteiger partial charge in [-0.25, -0.2) is 4.39 Å². The van der Waals surface area contributed by atoms with Crippen LogP contribution in [0.25, 0.3) is 0 Å². The van der Waals surface area contributed by atoms with E-state index in [1.54, 1.807) is 6.07 Å². The highest BCUT2D eigenvalue weighted by Crippen LogP contribution is 2.22. The molecule has 1 N–H and O–H groups in total. The Morgan fingerprint density at radius 2 is 1.85 bits per heavy atom. The zero-order chi connectivity index (χ0) is 18.6. The first-order valence-corrected chi connectivity index (χ1v) is 9.51. The largest absolute Gasteiger partial charge is 0.489 e. The van der Waals surface area contributed by atoms with Gasteiger partial charge in [0, 0.05) is 30.9 Å². The maximum Gasteiger partial charge on any atom is 0.124 e. The lowest BCUT2D eigenvalue weighted by molar-refractivity contribution is 0.128. The van der Waals surface area contributed by atoms with Crippen molar-refractivity contribution < 1.29 is 13.9 Å². The van der Waals surface area contributed by atoms with E-state index in [0.29, 0.717) is 11.6 Å². The first kappa shape index (κ1) is 20.7. The zero-order valence-corrected chi connectivity index (χ0v) is 16.0. The Morgan fingerprint density at radius 3 is 2.65 bits per heavy atom. The van der Waals surface area contributed by atoms with Crippen molar-refractivity contribution in [2.45, 2.75) is 39.3 Å². The molecule has 0 aliphatic rings. The summed E-state index contributed by atoms with van der Waals surface area (Å²) >= 11 is 6.06. The van der Waals surface area contributed by atoms with Crippen LogP contribution in [-0.4, -0.2) is 19.8 Å². The molecule has 2 rings (SSSR count). The smallest absolute Gasteiger partial charge is 0.124 e. The van der Waals surface area contributed by atoms with E-state index in [2.05, 4.69) is 12.2 Å². The second kappa shape index (κ2) is 11.9. The number of hydrogen-bond donors (Lipinski definition) is 1. The number of para-hydroxylation sites is 1.